The zero-order valence-electron chi connectivity index (χ0n) is 39.3. The van der Waals surface area contributed by atoms with Crippen LogP contribution in [0.2, 0.25) is 10.0 Å². The van der Waals surface area contributed by atoms with Crippen LogP contribution in [0, 0.1) is 5.92 Å². The lowest BCUT2D eigenvalue weighted by Crippen LogP contribution is -2.57. The van der Waals surface area contributed by atoms with Crippen molar-refractivity contribution in [3.05, 3.63) is 142 Å². The number of likely N-dealkylation sites (N-methyl/N-ethyl adjacent to an activating group) is 2. The van der Waals surface area contributed by atoms with Gasteiger partial charge in [0.1, 0.15) is 29.4 Å². The molecule has 5 amide bonds. The lowest BCUT2D eigenvalue weighted by atomic mass is 9.93. The molecule has 1 fully saturated rings. The second-order valence-corrected chi connectivity index (χ2v) is 18.1. The Morgan fingerprint density at radius 2 is 1.49 bits per heavy atom. The number of aromatic nitrogens is 2. The van der Waals surface area contributed by atoms with E-state index < -0.39 is 47.8 Å². The fraction of sp³-hybridized carbons (Fsp3) is 0.346. The number of carbonyl (C=O) groups excluding carboxylic acids is 5. The molecule has 2 heterocycles. The van der Waals surface area contributed by atoms with Crippen molar-refractivity contribution in [1.82, 2.24) is 34.9 Å². The second kappa shape index (κ2) is 23.5. The summed E-state index contributed by atoms with van der Waals surface area (Å²) in [5.41, 5.74) is 3.99. The largest absolute Gasteiger partial charge is 0.457 e. The standard InChI is InChI=1S/C52H59Cl2N7O7/c1-8-47-55-30-45(60(47)6)37-17-22-43(23-18-37)68-46-27-41(54)21-16-38(46)31-61-34(3)50(64)57-44(32-67-7)52(66)59(5)42(25-36-14-19-40(53)20-15-36)28-48(62)56-29-33(2)58(4)51(65)39(26-49(61)63)24-35-12-10-9-11-13-35/h8-23,27,30,33-34,39,42,44H,1,24-26,28-29,31-32H2,2-7H3,(H,56,62)(H,57,64)/t33-,34-,39+,42-,44-/m0/s1. The van der Waals surface area contributed by atoms with Gasteiger partial charge >= 0.3 is 0 Å². The highest BCUT2D eigenvalue weighted by Crippen LogP contribution is 2.32. The molecule has 2 N–H and O–H groups in total. The number of methoxy groups -OCH3 is 1. The molecule has 0 bridgehead atoms. The van der Waals surface area contributed by atoms with Gasteiger partial charge in [-0.15, -0.1) is 0 Å². The van der Waals surface area contributed by atoms with Gasteiger partial charge in [0.2, 0.25) is 29.5 Å². The SMILES string of the molecule is C=Cc1ncc(-c2ccc(Oc3cc(Cl)ccc3CN3C(=O)C[C@@H](Cc4ccccc4)C(=O)N(C)[C@@H](C)CNC(=O)C[C@H](Cc4ccc(Cl)cc4)N(C)C(=O)[C@H](COC)NC(=O)[C@@H]3C)cc2)n1C. The second-order valence-electron chi connectivity index (χ2n) is 17.2. The lowest BCUT2D eigenvalue weighted by Gasteiger charge is -2.35. The first-order valence-corrected chi connectivity index (χ1v) is 23.2. The summed E-state index contributed by atoms with van der Waals surface area (Å²) >= 11 is 12.7. The summed E-state index contributed by atoms with van der Waals surface area (Å²) < 4.78 is 13.8. The molecular formula is C52H59Cl2N7O7. The Bertz CT molecular complexity index is 2570. The van der Waals surface area contributed by atoms with Gasteiger partial charge in [-0.2, -0.15) is 0 Å². The Kier molecular flexibility index (Phi) is 17.6. The number of halogens is 2. The summed E-state index contributed by atoms with van der Waals surface area (Å²) in [6.07, 6.45) is 3.63. The van der Waals surface area contributed by atoms with Gasteiger partial charge in [0.25, 0.3) is 0 Å². The van der Waals surface area contributed by atoms with E-state index >= 15 is 0 Å². The lowest BCUT2D eigenvalue weighted by molar-refractivity contribution is -0.147. The molecule has 0 aliphatic carbocycles. The van der Waals surface area contributed by atoms with Crippen molar-refractivity contribution in [3.8, 4) is 22.8 Å². The third-order valence-electron chi connectivity index (χ3n) is 12.5. The number of ether oxygens (including phenoxy) is 2. The molecule has 68 heavy (non-hydrogen) atoms. The van der Waals surface area contributed by atoms with E-state index in [9.17, 15) is 24.0 Å². The fourth-order valence-electron chi connectivity index (χ4n) is 8.18. The number of hydrogen-bond donors (Lipinski definition) is 2. The maximum Gasteiger partial charge on any atom is 0.247 e. The number of hydrogen-bond acceptors (Lipinski definition) is 8. The van der Waals surface area contributed by atoms with E-state index in [0.717, 1.165) is 28.2 Å². The zero-order chi connectivity index (χ0) is 49.1. The van der Waals surface area contributed by atoms with E-state index in [4.69, 9.17) is 32.7 Å². The Balaban J connectivity index is 1.37. The number of nitrogens with zero attached hydrogens (tertiary/aromatic N) is 5. The highest BCUT2D eigenvalue weighted by Gasteiger charge is 2.36. The molecule has 0 saturated carbocycles. The highest BCUT2D eigenvalue weighted by atomic mass is 35.5. The molecule has 1 saturated heterocycles. The molecule has 1 aliphatic heterocycles. The van der Waals surface area contributed by atoms with Crippen molar-refractivity contribution in [2.24, 2.45) is 13.0 Å². The van der Waals surface area contributed by atoms with Gasteiger partial charge in [0, 0.05) is 80.9 Å². The van der Waals surface area contributed by atoms with Crippen LogP contribution in [0.3, 0.4) is 0 Å². The van der Waals surface area contributed by atoms with E-state index in [1.54, 1.807) is 68.5 Å². The monoisotopic (exact) mass is 963 g/mol. The topological polar surface area (TPSA) is 155 Å². The first-order valence-electron chi connectivity index (χ1n) is 22.4. The van der Waals surface area contributed by atoms with Gasteiger partial charge in [0.15, 0.2) is 0 Å². The molecule has 0 unspecified atom stereocenters. The molecule has 1 aliphatic rings. The molecular weight excluding hydrogens is 906 g/mol. The quantitative estimate of drug-likeness (QED) is 0.132. The maximum atomic E-state index is 15.0. The molecule has 16 heteroatoms. The number of imidazole rings is 1. The van der Waals surface area contributed by atoms with E-state index in [1.165, 1.54) is 16.9 Å². The Hall–Kier alpha value is -6.48. The van der Waals surface area contributed by atoms with E-state index in [0.29, 0.717) is 33.5 Å². The molecule has 14 nitrogen and oxygen atoms in total. The third-order valence-corrected chi connectivity index (χ3v) is 13.0. The summed E-state index contributed by atoms with van der Waals surface area (Å²) in [6, 6.07) is 25.5. The minimum absolute atomic E-state index is 0.0746. The van der Waals surface area contributed by atoms with Crippen LogP contribution < -0.4 is 15.4 Å². The van der Waals surface area contributed by atoms with E-state index in [2.05, 4.69) is 22.2 Å². The average molecular weight is 965 g/mol. The fourth-order valence-corrected chi connectivity index (χ4v) is 8.47. The maximum absolute atomic E-state index is 15.0. The van der Waals surface area contributed by atoms with Gasteiger partial charge in [-0.05, 0) is 92.4 Å². The summed E-state index contributed by atoms with van der Waals surface area (Å²) in [7, 11) is 6.55. The predicted octanol–water partition coefficient (Wildman–Crippen LogP) is 7.36. The minimum atomic E-state index is -1.19. The van der Waals surface area contributed by atoms with E-state index in [1.807, 2.05) is 85.3 Å². The van der Waals surface area contributed by atoms with Crippen LogP contribution in [0.4, 0.5) is 0 Å². The molecule has 5 atom stereocenters. The van der Waals surface area contributed by atoms with Crippen molar-refractivity contribution in [2.45, 2.75) is 70.2 Å². The Labute approximate surface area is 408 Å². The van der Waals surface area contributed by atoms with Gasteiger partial charge in [-0.3, -0.25) is 24.0 Å². The summed E-state index contributed by atoms with van der Waals surface area (Å²) in [6.45, 7) is 7.01. The van der Waals surface area contributed by atoms with Crippen molar-refractivity contribution >= 4 is 58.8 Å². The summed E-state index contributed by atoms with van der Waals surface area (Å²) in [5, 5.41) is 6.73. The van der Waals surface area contributed by atoms with Crippen molar-refractivity contribution in [1.29, 1.82) is 0 Å². The first-order chi connectivity index (χ1) is 32.6. The van der Waals surface area contributed by atoms with Crippen molar-refractivity contribution in [2.75, 3.05) is 34.4 Å². The minimum Gasteiger partial charge on any atom is -0.457 e. The molecule has 0 spiro atoms. The van der Waals surface area contributed by atoms with Gasteiger partial charge in [-0.1, -0.05) is 78.3 Å². The molecule has 4 aromatic carbocycles. The number of rotatable bonds is 12. The van der Waals surface area contributed by atoms with Gasteiger partial charge in [0.05, 0.1) is 31.0 Å². The van der Waals surface area contributed by atoms with Gasteiger partial charge < -0.3 is 39.4 Å². The number of carbonyl (C=O) groups is 5. The van der Waals surface area contributed by atoms with Crippen LogP contribution in [-0.2, 0) is 55.1 Å². The average Bonchev–Trinajstić information content (AvgIpc) is 3.71. The van der Waals surface area contributed by atoms with Gasteiger partial charge in [-0.25, -0.2) is 4.98 Å². The summed E-state index contributed by atoms with van der Waals surface area (Å²) in [5.74, 6) is -1.57. The van der Waals surface area contributed by atoms with Crippen LogP contribution in [-0.4, -0.2) is 112 Å². The van der Waals surface area contributed by atoms with Crippen LogP contribution >= 0.6 is 23.2 Å². The smallest absolute Gasteiger partial charge is 0.247 e. The van der Waals surface area contributed by atoms with Crippen LogP contribution in [0.15, 0.2) is 110 Å². The molecule has 6 rings (SSSR count). The van der Waals surface area contributed by atoms with Crippen molar-refractivity contribution in [3.63, 3.8) is 0 Å². The van der Waals surface area contributed by atoms with Crippen LogP contribution in [0.25, 0.3) is 17.3 Å². The highest BCUT2D eigenvalue weighted by molar-refractivity contribution is 6.31. The molecule has 5 aromatic rings. The van der Waals surface area contributed by atoms with Crippen LogP contribution in [0.5, 0.6) is 11.5 Å². The molecule has 1 aromatic heterocycles. The molecule has 358 valence electrons. The van der Waals surface area contributed by atoms with Crippen LogP contribution in [0.1, 0.15) is 49.2 Å². The molecule has 0 radical (unpaired) electrons. The number of benzene rings is 4. The number of amides is 5. The third kappa shape index (κ3) is 12.9. The summed E-state index contributed by atoms with van der Waals surface area (Å²) in [4.78, 5) is 81.0. The Morgan fingerprint density at radius 3 is 2.15 bits per heavy atom. The Morgan fingerprint density at radius 1 is 0.809 bits per heavy atom. The predicted molar refractivity (Wildman–Crippen MR) is 264 cm³/mol. The number of nitrogens with one attached hydrogen (secondary N) is 2. The van der Waals surface area contributed by atoms with E-state index in [-0.39, 0.29) is 50.8 Å². The first kappa shape index (κ1) is 50.9. The van der Waals surface area contributed by atoms with Crippen molar-refractivity contribution < 1.29 is 33.4 Å². The normalized spacial score (nSPS) is 20.4. The zero-order valence-corrected chi connectivity index (χ0v) is 40.8.